The molecular weight excluding hydrogens is 304 g/mol. The van der Waals surface area contributed by atoms with Crippen molar-refractivity contribution in [1.82, 2.24) is 4.90 Å². The van der Waals surface area contributed by atoms with Crippen molar-refractivity contribution in [3.05, 3.63) is 29.8 Å². The van der Waals surface area contributed by atoms with Crippen LogP contribution >= 0.6 is 12.4 Å². The molecule has 1 atom stereocenters. The van der Waals surface area contributed by atoms with Crippen LogP contribution in [-0.2, 0) is 15.0 Å². The molecule has 1 rings (SSSR count). The van der Waals surface area contributed by atoms with Gasteiger partial charge in [-0.3, -0.25) is 14.5 Å². The standard InChI is InChI=1S/C16H24N2O3.ClH/c1-11(15(20)21)18(5)10-14(19)17-13-8-6-12(7-9-13)16(2,3)4;/h6-9,11H,10H2,1-5H3,(H,17,19)(H,20,21);1H. The summed E-state index contributed by atoms with van der Waals surface area (Å²) in [4.78, 5) is 24.2. The van der Waals surface area contributed by atoms with Crippen molar-refractivity contribution in [3.63, 3.8) is 0 Å². The Balaban J connectivity index is 0.00000441. The fourth-order valence-electron chi connectivity index (χ4n) is 1.81. The van der Waals surface area contributed by atoms with E-state index in [0.29, 0.717) is 5.69 Å². The van der Waals surface area contributed by atoms with Crippen LogP contribution in [0.4, 0.5) is 5.69 Å². The highest BCUT2D eigenvalue weighted by molar-refractivity contribution is 5.92. The normalized spacial score (nSPS) is 12.5. The Kier molecular flexibility index (Phi) is 7.56. The van der Waals surface area contributed by atoms with Crippen LogP contribution < -0.4 is 5.32 Å². The summed E-state index contributed by atoms with van der Waals surface area (Å²) in [6.45, 7) is 7.97. The molecule has 124 valence electrons. The summed E-state index contributed by atoms with van der Waals surface area (Å²) in [5, 5.41) is 11.7. The fourth-order valence-corrected chi connectivity index (χ4v) is 1.81. The predicted octanol–water partition coefficient (Wildman–Crippen LogP) is 2.75. The molecule has 0 aromatic heterocycles. The number of hydrogen-bond acceptors (Lipinski definition) is 3. The maximum absolute atomic E-state index is 11.9. The first-order valence-corrected chi connectivity index (χ1v) is 6.94. The van der Waals surface area contributed by atoms with E-state index in [4.69, 9.17) is 5.11 Å². The summed E-state index contributed by atoms with van der Waals surface area (Å²) in [7, 11) is 1.61. The third kappa shape index (κ3) is 6.03. The fraction of sp³-hybridized carbons (Fsp3) is 0.500. The van der Waals surface area contributed by atoms with Gasteiger partial charge in [0, 0.05) is 5.69 Å². The van der Waals surface area contributed by atoms with E-state index in [1.807, 2.05) is 24.3 Å². The Hall–Kier alpha value is -1.59. The van der Waals surface area contributed by atoms with Crippen LogP contribution in [0.5, 0.6) is 0 Å². The van der Waals surface area contributed by atoms with Gasteiger partial charge < -0.3 is 10.4 Å². The molecule has 0 aliphatic carbocycles. The lowest BCUT2D eigenvalue weighted by Crippen LogP contribution is -2.40. The molecule has 0 heterocycles. The number of halogens is 1. The Morgan fingerprint density at radius 3 is 2.14 bits per heavy atom. The lowest BCUT2D eigenvalue weighted by atomic mass is 9.87. The number of likely N-dealkylation sites (N-methyl/N-ethyl adjacent to an activating group) is 1. The Labute approximate surface area is 138 Å². The molecule has 1 unspecified atom stereocenters. The van der Waals surface area contributed by atoms with Gasteiger partial charge in [-0.05, 0) is 37.1 Å². The molecule has 0 saturated carbocycles. The Morgan fingerprint density at radius 2 is 1.73 bits per heavy atom. The number of nitrogens with zero attached hydrogens (tertiary/aromatic N) is 1. The number of benzene rings is 1. The second-order valence-electron chi connectivity index (χ2n) is 6.30. The van der Waals surface area contributed by atoms with Gasteiger partial charge in [-0.15, -0.1) is 12.4 Å². The van der Waals surface area contributed by atoms with Crippen molar-refractivity contribution in [1.29, 1.82) is 0 Å². The molecule has 1 aromatic carbocycles. The van der Waals surface area contributed by atoms with E-state index in [1.165, 1.54) is 10.5 Å². The lowest BCUT2D eigenvalue weighted by Gasteiger charge is -2.21. The van der Waals surface area contributed by atoms with E-state index < -0.39 is 12.0 Å². The minimum absolute atomic E-state index is 0. The highest BCUT2D eigenvalue weighted by Crippen LogP contribution is 2.23. The molecular formula is C16H25ClN2O3. The molecule has 6 heteroatoms. The second kappa shape index (κ2) is 8.15. The molecule has 0 bridgehead atoms. The van der Waals surface area contributed by atoms with Crippen LogP contribution in [0.1, 0.15) is 33.3 Å². The Morgan fingerprint density at radius 1 is 1.23 bits per heavy atom. The number of carbonyl (C=O) groups is 2. The van der Waals surface area contributed by atoms with Crippen molar-refractivity contribution in [2.45, 2.75) is 39.2 Å². The number of carboxylic acids is 1. The zero-order valence-corrected chi connectivity index (χ0v) is 14.5. The van der Waals surface area contributed by atoms with Gasteiger partial charge in [-0.2, -0.15) is 0 Å². The minimum atomic E-state index is -0.945. The van der Waals surface area contributed by atoms with E-state index in [-0.39, 0.29) is 30.3 Å². The summed E-state index contributed by atoms with van der Waals surface area (Å²) < 4.78 is 0. The number of amides is 1. The van der Waals surface area contributed by atoms with Crippen LogP contribution in [-0.4, -0.2) is 41.5 Å². The first kappa shape index (κ1) is 20.4. The smallest absolute Gasteiger partial charge is 0.320 e. The zero-order valence-electron chi connectivity index (χ0n) is 13.7. The Bertz CT molecular complexity index is 509. The monoisotopic (exact) mass is 328 g/mol. The minimum Gasteiger partial charge on any atom is -0.480 e. The number of rotatable bonds is 5. The van der Waals surface area contributed by atoms with E-state index in [1.54, 1.807) is 14.0 Å². The van der Waals surface area contributed by atoms with Gasteiger partial charge in [0.15, 0.2) is 0 Å². The van der Waals surface area contributed by atoms with E-state index in [0.717, 1.165) is 0 Å². The van der Waals surface area contributed by atoms with Crippen LogP contribution in [0, 0.1) is 0 Å². The first-order valence-electron chi connectivity index (χ1n) is 6.94. The van der Waals surface area contributed by atoms with Gasteiger partial charge in [0.25, 0.3) is 0 Å². The highest BCUT2D eigenvalue weighted by atomic mass is 35.5. The molecule has 1 amide bonds. The van der Waals surface area contributed by atoms with Gasteiger partial charge in [-0.25, -0.2) is 0 Å². The molecule has 0 saturated heterocycles. The first-order chi connectivity index (χ1) is 9.61. The number of hydrogen-bond donors (Lipinski definition) is 2. The lowest BCUT2D eigenvalue weighted by molar-refractivity contribution is -0.142. The molecule has 5 nitrogen and oxygen atoms in total. The predicted molar refractivity (Wildman–Crippen MR) is 90.7 cm³/mol. The van der Waals surface area contributed by atoms with Crippen LogP contribution in [0.2, 0.25) is 0 Å². The quantitative estimate of drug-likeness (QED) is 0.872. The number of aliphatic carboxylic acids is 1. The van der Waals surface area contributed by atoms with E-state index >= 15 is 0 Å². The summed E-state index contributed by atoms with van der Waals surface area (Å²) in [6, 6.07) is 7.00. The molecule has 0 radical (unpaired) electrons. The van der Waals surface area contributed by atoms with Crippen LogP contribution in [0.3, 0.4) is 0 Å². The topological polar surface area (TPSA) is 69.6 Å². The van der Waals surface area contributed by atoms with Gasteiger partial charge in [0.05, 0.1) is 6.54 Å². The third-order valence-electron chi connectivity index (χ3n) is 3.45. The van der Waals surface area contributed by atoms with Gasteiger partial charge in [-0.1, -0.05) is 32.9 Å². The molecule has 0 aliphatic rings. The molecule has 2 N–H and O–H groups in total. The third-order valence-corrected chi connectivity index (χ3v) is 3.45. The maximum atomic E-state index is 11.9. The number of anilines is 1. The van der Waals surface area contributed by atoms with Gasteiger partial charge in [0.1, 0.15) is 6.04 Å². The number of carbonyl (C=O) groups excluding carboxylic acids is 1. The van der Waals surface area contributed by atoms with Crippen molar-refractivity contribution in [2.24, 2.45) is 0 Å². The van der Waals surface area contributed by atoms with Crippen molar-refractivity contribution < 1.29 is 14.7 Å². The highest BCUT2D eigenvalue weighted by Gasteiger charge is 2.19. The largest absolute Gasteiger partial charge is 0.480 e. The molecule has 0 fully saturated rings. The summed E-state index contributed by atoms with van der Waals surface area (Å²) in [5.74, 6) is -1.17. The van der Waals surface area contributed by atoms with Gasteiger partial charge in [0.2, 0.25) is 5.91 Å². The number of nitrogens with one attached hydrogen (secondary N) is 1. The van der Waals surface area contributed by atoms with Crippen molar-refractivity contribution >= 4 is 30.0 Å². The SMILES string of the molecule is CC(C(=O)O)N(C)CC(=O)Nc1ccc(C(C)(C)C)cc1.Cl. The van der Waals surface area contributed by atoms with Crippen LogP contribution in [0.25, 0.3) is 0 Å². The maximum Gasteiger partial charge on any atom is 0.320 e. The summed E-state index contributed by atoms with van der Waals surface area (Å²) >= 11 is 0. The molecule has 0 aliphatic heterocycles. The average Bonchev–Trinajstić information content (AvgIpc) is 2.36. The molecule has 22 heavy (non-hydrogen) atoms. The molecule has 1 aromatic rings. The summed E-state index contributed by atoms with van der Waals surface area (Å²) in [5.41, 5.74) is 1.97. The van der Waals surface area contributed by atoms with Crippen molar-refractivity contribution in [3.8, 4) is 0 Å². The zero-order chi connectivity index (χ0) is 16.2. The number of carboxylic acid groups (broad SMARTS) is 1. The van der Waals surface area contributed by atoms with Gasteiger partial charge >= 0.3 is 5.97 Å². The van der Waals surface area contributed by atoms with E-state index in [9.17, 15) is 9.59 Å². The van der Waals surface area contributed by atoms with Crippen molar-refractivity contribution in [2.75, 3.05) is 18.9 Å². The van der Waals surface area contributed by atoms with E-state index in [2.05, 4.69) is 26.1 Å². The average molecular weight is 329 g/mol. The van der Waals surface area contributed by atoms with Crippen LogP contribution in [0.15, 0.2) is 24.3 Å². The molecule has 0 spiro atoms. The second-order valence-corrected chi connectivity index (χ2v) is 6.30. The summed E-state index contributed by atoms with van der Waals surface area (Å²) in [6.07, 6.45) is 0.